The number of amidine groups is 1. The third-order valence-electron chi connectivity index (χ3n) is 6.83. The van der Waals surface area contributed by atoms with Crippen LogP contribution in [0.2, 0.25) is 0 Å². The maximum absolute atomic E-state index is 14.7. The van der Waals surface area contributed by atoms with E-state index in [1.54, 1.807) is 42.5 Å². The number of hydrogen-bond donors (Lipinski definition) is 2. The van der Waals surface area contributed by atoms with E-state index < -0.39 is 36.2 Å². The summed E-state index contributed by atoms with van der Waals surface area (Å²) in [5.74, 6) is -4.25. The highest BCUT2D eigenvalue weighted by Gasteiger charge is 2.56. The Morgan fingerprint density at radius 3 is 2.91 bits per heavy atom. The Morgan fingerprint density at radius 2 is 2.17 bits per heavy atom. The third kappa shape index (κ3) is 4.36. The summed E-state index contributed by atoms with van der Waals surface area (Å²) in [4.78, 5) is 24.0. The van der Waals surface area contributed by atoms with Gasteiger partial charge in [-0.15, -0.1) is 11.3 Å². The van der Waals surface area contributed by atoms with Crippen molar-refractivity contribution >= 4 is 23.1 Å². The zero-order chi connectivity index (χ0) is 24.7. The highest BCUT2D eigenvalue weighted by molar-refractivity contribution is 7.11. The van der Waals surface area contributed by atoms with Crippen LogP contribution in [0.5, 0.6) is 0 Å². The normalized spacial score (nSPS) is 25.9. The van der Waals surface area contributed by atoms with Crippen LogP contribution in [0.25, 0.3) is 0 Å². The van der Waals surface area contributed by atoms with Crippen LogP contribution in [-0.4, -0.2) is 66.4 Å². The van der Waals surface area contributed by atoms with Gasteiger partial charge in [0.05, 0.1) is 24.6 Å². The van der Waals surface area contributed by atoms with E-state index in [0.717, 1.165) is 0 Å². The van der Waals surface area contributed by atoms with Gasteiger partial charge < -0.3 is 15.4 Å². The molecule has 1 aromatic carbocycles. The van der Waals surface area contributed by atoms with E-state index in [1.807, 2.05) is 0 Å². The number of nitrogens with one attached hydrogen (secondary N) is 2. The maximum Gasteiger partial charge on any atom is 0.338 e. The summed E-state index contributed by atoms with van der Waals surface area (Å²) in [6.45, 7) is 3.81. The van der Waals surface area contributed by atoms with E-state index in [2.05, 4.69) is 15.6 Å². The molecule has 2 fully saturated rings. The molecule has 186 valence electrons. The van der Waals surface area contributed by atoms with Gasteiger partial charge in [0.2, 0.25) is 0 Å². The molecule has 7 nitrogen and oxygen atoms in total. The van der Waals surface area contributed by atoms with E-state index in [0.29, 0.717) is 34.2 Å². The predicted octanol–water partition coefficient (Wildman–Crippen LogP) is 3.04. The molecule has 2 saturated heterocycles. The van der Waals surface area contributed by atoms with Crippen LogP contribution in [0.3, 0.4) is 0 Å². The van der Waals surface area contributed by atoms with Gasteiger partial charge in [-0.25, -0.2) is 22.9 Å². The largest absolute Gasteiger partial charge is 0.463 e. The molecule has 11 heteroatoms. The highest BCUT2D eigenvalue weighted by atomic mass is 32.1. The molecular formula is C24H26F3N5O2S. The van der Waals surface area contributed by atoms with Gasteiger partial charge in [0.15, 0.2) is 10.8 Å². The van der Waals surface area contributed by atoms with Crippen molar-refractivity contribution in [2.45, 2.75) is 31.9 Å². The molecular weight excluding hydrogens is 479 g/mol. The number of alkyl halides is 2. The Morgan fingerprint density at radius 1 is 1.34 bits per heavy atom. The van der Waals surface area contributed by atoms with Crippen molar-refractivity contribution in [3.05, 3.63) is 63.0 Å². The fourth-order valence-corrected chi connectivity index (χ4v) is 5.71. The number of rotatable bonds is 6. The van der Waals surface area contributed by atoms with Gasteiger partial charge in [0.1, 0.15) is 11.9 Å². The van der Waals surface area contributed by atoms with Gasteiger partial charge in [-0.05, 0) is 31.0 Å². The van der Waals surface area contributed by atoms with Crippen molar-refractivity contribution in [3.63, 3.8) is 0 Å². The van der Waals surface area contributed by atoms with Gasteiger partial charge in [-0.2, -0.15) is 0 Å². The number of aromatic nitrogens is 1. The van der Waals surface area contributed by atoms with Gasteiger partial charge in [0.25, 0.3) is 5.92 Å². The third-order valence-corrected chi connectivity index (χ3v) is 7.61. The minimum Gasteiger partial charge on any atom is -0.463 e. The summed E-state index contributed by atoms with van der Waals surface area (Å²) in [7, 11) is 0. The molecule has 0 aliphatic carbocycles. The topological polar surface area (TPSA) is 78.9 Å². The fourth-order valence-electron chi connectivity index (χ4n) is 5.13. The molecule has 3 unspecified atom stereocenters. The highest BCUT2D eigenvalue weighted by Crippen LogP contribution is 2.41. The molecule has 2 aromatic rings. The molecule has 3 aliphatic heterocycles. The number of halogens is 3. The van der Waals surface area contributed by atoms with Crippen LogP contribution in [0, 0.1) is 18.7 Å². The first kappa shape index (κ1) is 24.0. The van der Waals surface area contributed by atoms with E-state index >= 15 is 0 Å². The van der Waals surface area contributed by atoms with Crippen LogP contribution in [0.4, 0.5) is 13.2 Å². The maximum atomic E-state index is 14.7. The number of hydrogen-bond acceptors (Lipinski definition) is 8. The van der Waals surface area contributed by atoms with E-state index in [9.17, 15) is 18.0 Å². The van der Waals surface area contributed by atoms with Crippen molar-refractivity contribution in [1.29, 1.82) is 0 Å². The average Bonchev–Trinajstić information content (AvgIpc) is 3.56. The Labute approximate surface area is 205 Å². The molecule has 0 saturated carbocycles. The number of carbonyl (C=O) groups is 1. The van der Waals surface area contributed by atoms with Crippen molar-refractivity contribution in [2.24, 2.45) is 10.9 Å². The van der Waals surface area contributed by atoms with Crippen LogP contribution >= 0.6 is 11.3 Å². The second-order valence-corrected chi connectivity index (χ2v) is 9.80. The Kier molecular flexibility index (Phi) is 6.41. The minimum absolute atomic E-state index is 0.0713. The number of thiazole rings is 1. The number of benzene rings is 1. The van der Waals surface area contributed by atoms with E-state index in [4.69, 9.17) is 9.73 Å². The van der Waals surface area contributed by atoms with Crippen molar-refractivity contribution in [1.82, 2.24) is 20.5 Å². The Hall–Kier alpha value is -2.76. The molecule has 0 amide bonds. The van der Waals surface area contributed by atoms with Gasteiger partial charge in [-0.3, -0.25) is 9.89 Å². The lowest BCUT2D eigenvalue weighted by molar-refractivity contribution is -0.139. The average molecular weight is 506 g/mol. The van der Waals surface area contributed by atoms with Gasteiger partial charge in [-0.1, -0.05) is 12.1 Å². The van der Waals surface area contributed by atoms with Crippen LogP contribution < -0.4 is 10.6 Å². The number of esters is 1. The SMILES string of the molecule is CCOC(=O)C1=C(CN2CC(F)(F)C3CNCC32)NC(c2nccs2)=NC1c1cccc(F)c1C. The lowest BCUT2D eigenvalue weighted by atomic mass is 9.92. The molecule has 0 spiro atoms. The fraction of sp³-hybridized carbons (Fsp3) is 0.458. The number of carbonyl (C=O) groups excluding carboxylic acids is 1. The molecule has 2 N–H and O–H groups in total. The summed E-state index contributed by atoms with van der Waals surface area (Å²) in [5, 5.41) is 8.62. The first-order valence-electron chi connectivity index (χ1n) is 11.5. The second kappa shape index (κ2) is 9.36. The van der Waals surface area contributed by atoms with Gasteiger partial charge in [0, 0.05) is 43.0 Å². The number of nitrogens with zero attached hydrogens (tertiary/aromatic N) is 3. The molecule has 5 rings (SSSR count). The standard InChI is InChI=1S/C24H26F3N5O2S/c1-3-34-23(33)19-17(11-32-12-24(26,27)15-9-28-10-18(15)32)30-21(22-29-7-8-35-22)31-20(19)14-5-4-6-16(25)13(14)2/h4-8,15,18,20,28H,3,9-12H2,1-2H3,(H,30,31). The smallest absolute Gasteiger partial charge is 0.338 e. The summed E-state index contributed by atoms with van der Waals surface area (Å²) in [6, 6.07) is 3.39. The zero-order valence-electron chi connectivity index (χ0n) is 19.4. The first-order valence-corrected chi connectivity index (χ1v) is 12.4. The Bertz CT molecular complexity index is 1180. The quantitative estimate of drug-likeness (QED) is 0.588. The summed E-state index contributed by atoms with van der Waals surface area (Å²) in [6.07, 6.45) is 1.63. The van der Waals surface area contributed by atoms with E-state index in [1.165, 1.54) is 17.4 Å². The molecule has 3 atom stereocenters. The number of likely N-dealkylation sites (tertiary alicyclic amines) is 1. The summed E-state index contributed by atoms with van der Waals surface area (Å²) < 4.78 is 49.4. The zero-order valence-corrected chi connectivity index (χ0v) is 20.2. The number of fused-ring (bicyclic) bond motifs is 1. The molecule has 0 bridgehead atoms. The van der Waals surface area contributed by atoms with Crippen molar-refractivity contribution < 1.29 is 22.7 Å². The van der Waals surface area contributed by atoms with Crippen LogP contribution in [0.15, 0.2) is 46.0 Å². The van der Waals surface area contributed by atoms with Gasteiger partial charge >= 0.3 is 5.97 Å². The predicted molar refractivity (Wildman–Crippen MR) is 126 cm³/mol. The van der Waals surface area contributed by atoms with Crippen molar-refractivity contribution in [2.75, 3.05) is 32.8 Å². The summed E-state index contributed by atoms with van der Waals surface area (Å²) >= 11 is 1.35. The first-order chi connectivity index (χ1) is 16.8. The lowest BCUT2D eigenvalue weighted by Gasteiger charge is -2.31. The minimum atomic E-state index is -2.84. The van der Waals surface area contributed by atoms with Crippen molar-refractivity contribution in [3.8, 4) is 0 Å². The number of ether oxygens (including phenoxy) is 1. The number of aliphatic imine (C=N–C) groups is 1. The molecule has 4 heterocycles. The van der Waals surface area contributed by atoms with Crippen LogP contribution in [0.1, 0.15) is 29.1 Å². The lowest BCUT2D eigenvalue weighted by Crippen LogP contribution is -2.43. The molecule has 3 aliphatic rings. The Balaban J connectivity index is 1.61. The summed E-state index contributed by atoms with van der Waals surface area (Å²) in [5.41, 5.74) is 1.48. The van der Waals surface area contributed by atoms with E-state index in [-0.39, 0.29) is 31.3 Å². The molecule has 1 aromatic heterocycles. The monoisotopic (exact) mass is 505 g/mol. The molecule has 35 heavy (non-hydrogen) atoms. The molecule has 0 radical (unpaired) electrons. The second-order valence-electron chi connectivity index (χ2n) is 8.91. The van der Waals surface area contributed by atoms with Crippen LogP contribution in [-0.2, 0) is 9.53 Å².